The highest BCUT2D eigenvalue weighted by molar-refractivity contribution is 7.84. The first-order chi connectivity index (χ1) is 23.6. The lowest BCUT2D eigenvalue weighted by molar-refractivity contribution is -0.0413. The van der Waals surface area contributed by atoms with Gasteiger partial charge in [0.05, 0.1) is 17.5 Å². The molecule has 1 N–H and O–H groups in total. The molecular formula is C40H57ClN4O3S. The average molecular weight is 709 g/mol. The van der Waals surface area contributed by atoms with Crippen LogP contribution in [0, 0.1) is 23.7 Å². The smallest absolute Gasteiger partial charge is 0.263 e. The third kappa shape index (κ3) is 7.31. The van der Waals surface area contributed by atoms with Crippen LogP contribution >= 0.6 is 11.6 Å². The summed E-state index contributed by atoms with van der Waals surface area (Å²) in [5.41, 5.74) is 4.55. The lowest BCUT2D eigenvalue weighted by Gasteiger charge is -2.54. The minimum atomic E-state index is -1.46. The number of carbonyl (C=O) groups excluding carboxylic acids is 1. The average Bonchev–Trinajstić information content (AvgIpc) is 3.34. The molecule has 268 valence electrons. The molecule has 49 heavy (non-hydrogen) atoms. The molecule has 2 saturated heterocycles. The van der Waals surface area contributed by atoms with Crippen molar-refractivity contribution in [3.05, 3.63) is 58.1 Å². The van der Waals surface area contributed by atoms with Crippen LogP contribution in [0.2, 0.25) is 5.02 Å². The fourth-order valence-electron chi connectivity index (χ4n) is 9.73. The summed E-state index contributed by atoms with van der Waals surface area (Å²) in [6, 6.07) is 12.1. The van der Waals surface area contributed by atoms with Crippen molar-refractivity contribution in [1.82, 2.24) is 14.5 Å². The molecule has 0 aromatic heterocycles. The van der Waals surface area contributed by atoms with Crippen LogP contribution in [0.25, 0.3) is 0 Å². The van der Waals surface area contributed by atoms with E-state index in [1.165, 1.54) is 69.4 Å². The molecule has 2 aromatic carbocycles. The van der Waals surface area contributed by atoms with Crippen molar-refractivity contribution in [3.8, 4) is 5.75 Å². The third-order valence-electron chi connectivity index (χ3n) is 13.1. The summed E-state index contributed by atoms with van der Waals surface area (Å²) in [4.78, 5) is 21.4. The van der Waals surface area contributed by atoms with Crippen LogP contribution in [-0.4, -0.2) is 83.6 Å². The van der Waals surface area contributed by atoms with E-state index in [1.807, 2.05) is 31.2 Å². The molecule has 7 nitrogen and oxygen atoms in total. The number of benzene rings is 2. The maximum Gasteiger partial charge on any atom is 0.263 e. The summed E-state index contributed by atoms with van der Waals surface area (Å²) < 4.78 is 22.9. The lowest BCUT2D eigenvalue weighted by Crippen LogP contribution is -2.67. The Morgan fingerprint density at radius 2 is 1.88 bits per heavy atom. The van der Waals surface area contributed by atoms with Crippen LogP contribution in [0.15, 0.2) is 36.4 Å². The molecule has 0 radical (unpaired) electrons. The van der Waals surface area contributed by atoms with E-state index >= 15 is 0 Å². The second-order valence-electron chi connectivity index (χ2n) is 16.2. The van der Waals surface area contributed by atoms with Gasteiger partial charge in [0.1, 0.15) is 16.7 Å². The second-order valence-corrected chi connectivity index (χ2v) is 18.2. The predicted molar refractivity (Wildman–Crippen MR) is 201 cm³/mol. The number of amides is 1. The number of fused-ring (bicyclic) bond motifs is 2. The van der Waals surface area contributed by atoms with Crippen molar-refractivity contribution in [2.45, 2.75) is 95.3 Å². The van der Waals surface area contributed by atoms with Gasteiger partial charge in [-0.3, -0.25) is 19.3 Å². The second kappa shape index (κ2) is 14.8. The molecule has 1 saturated carbocycles. The zero-order valence-electron chi connectivity index (χ0n) is 30.1. The SMILES string of the molecule is CCCc1cc(Cl)ccc1C1COc2ccc3cc2N(C1)CC1CCC1C(CN1CC2(CCCN2C)C1)CCCC(C)C(C)S(=O)NC3=O. The zero-order valence-corrected chi connectivity index (χ0v) is 31.7. The molecule has 3 fully saturated rings. The van der Waals surface area contributed by atoms with Gasteiger partial charge < -0.3 is 9.64 Å². The number of aryl methyl sites for hydroxylation is 1. The predicted octanol–water partition coefficient (Wildman–Crippen LogP) is 7.30. The van der Waals surface area contributed by atoms with Gasteiger partial charge in [-0.25, -0.2) is 4.21 Å². The molecule has 5 aliphatic rings. The van der Waals surface area contributed by atoms with Gasteiger partial charge in [-0.15, -0.1) is 0 Å². The summed E-state index contributed by atoms with van der Waals surface area (Å²) >= 11 is 6.49. The van der Waals surface area contributed by atoms with E-state index in [4.69, 9.17) is 16.3 Å². The van der Waals surface area contributed by atoms with E-state index in [9.17, 15) is 9.00 Å². The highest BCUT2D eigenvalue weighted by Gasteiger charge is 2.49. The van der Waals surface area contributed by atoms with Gasteiger partial charge in [0.2, 0.25) is 0 Å². The first-order valence-corrected chi connectivity index (χ1v) is 20.7. The van der Waals surface area contributed by atoms with E-state index in [2.05, 4.69) is 52.4 Å². The molecule has 2 bridgehead atoms. The van der Waals surface area contributed by atoms with Crippen LogP contribution in [-0.2, 0) is 17.4 Å². The highest BCUT2D eigenvalue weighted by Crippen LogP contribution is 2.47. The standard InChI is InChI=1S/C40H57ClN4O3S/c1-5-8-29-19-34(41)13-15-35(29)33-23-45-22-32-11-14-36(32)31(21-44-25-40(26-44)17-7-18-43(40)4)10-6-9-27(2)28(3)49(47)42-39(46)30-12-16-38(48-24-33)37(45)20-30/h12-13,15-16,19-20,27-28,31-33,36H,5-11,14,17-18,21-26H2,1-4H3,(H,42,46). The molecule has 7 atom stereocenters. The Kier molecular flexibility index (Phi) is 10.7. The number of carbonyl (C=O) groups is 1. The van der Waals surface area contributed by atoms with Crippen LogP contribution in [0.4, 0.5) is 5.69 Å². The molecule has 7 rings (SSSR count). The number of likely N-dealkylation sites (N-methyl/N-ethyl adjacent to an activating group) is 1. The highest BCUT2D eigenvalue weighted by atomic mass is 35.5. The van der Waals surface area contributed by atoms with Gasteiger partial charge >= 0.3 is 0 Å². The normalized spacial score (nSPS) is 32.4. The Balaban J connectivity index is 1.19. The lowest BCUT2D eigenvalue weighted by atomic mass is 9.65. The topological polar surface area (TPSA) is 65.1 Å². The maximum atomic E-state index is 13.5. The number of likely N-dealkylation sites (tertiary alicyclic amines) is 2. The summed E-state index contributed by atoms with van der Waals surface area (Å²) in [7, 11) is 0.865. The quantitative estimate of drug-likeness (QED) is 0.352. The third-order valence-corrected chi connectivity index (χ3v) is 14.8. The molecule has 4 aliphatic heterocycles. The molecule has 1 amide bonds. The van der Waals surface area contributed by atoms with Crippen molar-refractivity contribution in [1.29, 1.82) is 0 Å². The molecule has 7 unspecified atom stereocenters. The summed E-state index contributed by atoms with van der Waals surface area (Å²) in [5.74, 6) is 2.96. The molecule has 1 aliphatic carbocycles. The van der Waals surface area contributed by atoms with Gasteiger partial charge in [-0.05, 0) is 131 Å². The summed E-state index contributed by atoms with van der Waals surface area (Å²) in [5, 5.41) is 0.667. The van der Waals surface area contributed by atoms with Crippen LogP contribution in [0.5, 0.6) is 5.75 Å². The van der Waals surface area contributed by atoms with Crippen molar-refractivity contribution in [3.63, 3.8) is 0 Å². The Morgan fingerprint density at radius 3 is 2.61 bits per heavy atom. The zero-order chi connectivity index (χ0) is 34.3. The fraction of sp³-hybridized carbons (Fsp3) is 0.675. The number of ether oxygens (including phenoxy) is 1. The van der Waals surface area contributed by atoms with Crippen LogP contribution < -0.4 is 14.4 Å². The number of hydrogen-bond acceptors (Lipinski definition) is 6. The number of anilines is 1. The number of rotatable bonds is 5. The number of nitrogens with one attached hydrogen (secondary N) is 1. The number of hydrogen-bond donors (Lipinski definition) is 1. The van der Waals surface area contributed by atoms with E-state index < -0.39 is 11.0 Å². The molecule has 2 aromatic rings. The van der Waals surface area contributed by atoms with Gasteiger partial charge in [0.15, 0.2) is 0 Å². The first kappa shape index (κ1) is 35.3. The molecule has 1 spiro atoms. The maximum absolute atomic E-state index is 13.5. The summed E-state index contributed by atoms with van der Waals surface area (Å²) in [6.45, 7) is 13.7. The van der Waals surface area contributed by atoms with Gasteiger partial charge in [-0.2, -0.15) is 0 Å². The first-order valence-electron chi connectivity index (χ1n) is 19.1. The number of nitrogens with zero attached hydrogens (tertiary/aromatic N) is 3. The fourth-order valence-corrected chi connectivity index (χ4v) is 11.0. The van der Waals surface area contributed by atoms with Gasteiger partial charge in [0, 0.05) is 54.8 Å². The summed E-state index contributed by atoms with van der Waals surface area (Å²) in [6.07, 6.45) is 10.7. The minimum Gasteiger partial charge on any atom is -0.491 e. The van der Waals surface area contributed by atoms with Crippen molar-refractivity contribution >= 4 is 34.2 Å². The van der Waals surface area contributed by atoms with Crippen LogP contribution in [0.3, 0.4) is 0 Å². The number of halogens is 1. The minimum absolute atomic E-state index is 0.113. The van der Waals surface area contributed by atoms with Crippen LogP contribution in [0.1, 0.15) is 99.5 Å². The Hall–Kier alpha value is -2.13. The van der Waals surface area contributed by atoms with E-state index in [-0.39, 0.29) is 23.0 Å². The Morgan fingerprint density at radius 1 is 1.04 bits per heavy atom. The van der Waals surface area contributed by atoms with Crippen molar-refractivity contribution < 1.29 is 13.7 Å². The van der Waals surface area contributed by atoms with Gasteiger partial charge in [-0.1, -0.05) is 44.4 Å². The van der Waals surface area contributed by atoms with Crippen molar-refractivity contribution in [2.24, 2.45) is 23.7 Å². The Labute approximate surface area is 302 Å². The van der Waals surface area contributed by atoms with Crippen molar-refractivity contribution in [2.75, 3.05) is 57.8 Å². The Bertz CT molecular complexity index is 1530. The molecular weight excluding hydrogens is 652 g/mol. The monoisotopic (exact) mass is 708 g/mol. The van der Waals surface area contributed by atoms with E-state index in [0.29, 0.717) is 35.5 Å². The van der Waals surface area contributed by atoms with E-state index in [1.54, 1.807) is 0 Å². The largest absolute Gasteiger partial charge is 0.491 e. The van der Waals surface area contributed by atoms with Gasteiger partial charge in [0.25, 0.3) is 5.91 Å². The molecule has 4 heterocycles. The van der Waals surface area contributed by atoms with E-state index in [0.717, 1.165) is 55.2 Å². The molecule has 9 heteroatoms.